The second-order valence-electron chi connectivity index (χ2n) is 6.44. The van der Waals surface area contributed by atoms with Crippen molar-refractivity contribution in [1.29, 1.82) is 0 Å². The van der Waals surface area contributed by atoms with Gasteiger partial charge in [0.05, 0.1) is 10.6 Å². The Hall–Kier alpha value is -1.89. The number of thioether (sulfide) groups is 1. The molecule has 0 unspecified atom stereocenters. The van der Waals surface area contributed by atoms with Crippen molar-refractivity contribution in [2.75, 3.05) is 5.75 Å². The summed E-state index contributed by atoms with van der Waals surface area (Å²) in [5.74, 6) is 6.35. The van der Waals surface area contributed by atoms with Crippen LogP contribution in [0.4, 0.5) is 0 Å². The van der Waals surface area contributed by atoms with Gasteiger partial charge in [-0.25, -0.2) is 4.79 Å². The second kappa shape index (κ2) is 8.66. The smallest absolute Gasteiger partial charge is 0.337 e. The van der Waals surface area contributed by atoms with Crippen molar-refractivity contribution < 1.29 is 9.90 Å². The van der Waals surface area contributed by atoms with Gasteiger partial charge in [-0.2, -0.15) is 0 Å². The summed E-state index contributed by atoms with van der Waals surface area (Å²) in [7, 11) is 0. The Morgan fingerprint density at radius 3 is 2.35 bits per heavy atom. The lowest BCUT2D eigenvalue weighted by atomic mass is 9.81. The van der Waals surface area contributed by atoms with Crippen LogP contribution in [0.1, 0.15) is 61.2 Å². The van der Waals surface area contributed by atoms with Gasteiger partial charge in [-0.15, -0.1) is 11.8 Å². The predicted molar refractivity (Wildman–Crippen MR) is 111 cm³/mol. The van der Waals surface area contributed by atoms with Gasteiger partial charge in [0.25, 0.3) is 0 Å². The van der Waals surface area contributed by atoms with Gasteiger partial charge >= 0.3 is 5.97 Å². The van der Waals surface area contributed by atoms with Crippen LogP contribution in [-0.4, -0.2) is 16.8 Å². The molecule has 0 atom stereocenters. The van der Waals surface area contributed by atoms with Crippen molar-refractivity contribution in [3.8, 4) is 11.8 Å². The molecule has 1 N–H and O–H groups in total. The highest BCUT2D eigenvalue weighted by molar-refractivity contribution is 7.99. The highest BCUT2D eigenvalue weighted by Crippen LogP contribution is 2.41. The summed E-state index contributed by atoms with van der Waals surface area (Å²) in [4.78, 5) is 12.3. The number of hydrogen-bond acceptors (Lipinski definition) is 2. The summed E-state index contributed by atoms with van der Waals surface area (Å²) in [6.45, 7) is 8.54. The average molecular weight is 387 g/mol. The van der Waals surface area contributed by atoms with E-state index in [1.165, 1.54) is 16.5 Å². The van der Waals surface area contributed by atoms with Gasteiger partial charge in [0.15, 0.2) is 0 Å². The first-order chi connectivity index (χ1) is 12.4. The van der Waals surface area contributed by atoms with Gasteiger partial charge in [-0.3, -0.25) is 0 Å². The van der Waals surface area contributed by atoms with Crippen LogP contribution in [-0.2, 0) is 5.41 Å². The summed E-state index contributed by atoms with van der Waals surface area (Å²) in [5.41, 5.74) is 3.28. The highest BCUT2D eigenvalue weighted by atomic mass is 35.5. The zero-order chi connectivity index (χ0) is 19.3. The van der Waals surface area contributed by atoms with Crippen molar-refractivity contribution >= 4 is 29.3 Å². The molecule has 136 valence electrons. The van der Waals surface area contributed by atoms with Crippen LogP contribution >= 0.6 is 23.4 Å². The Bertz CT molecular complexity index is 875. The molecule has 1 aliphatic heterocycles. The molecule has 26 heavy (non-hydrogen) atoms. The Balaban J connectivity index is 0.00000117. The van der Waals surface area contributed by atoms with Gasteiger partial charge < -0.3 is 5.11 Å². The third-order valence-electron chi connectivity index (χ3n) is 4.24. The number of hydrogen-bond donors (Lipinski definition) is 1. The number of carboxylic acids is 1. The van der Waals surface area contributed by atoms with E-state index in [9.17, 15) is 4.79 Å². The second-order valence-corrected chi connectivity index (χ2v) is 7.99. The molecule has 2 aromatic carbocycles. The molecule has 0 spiro atoms. The molecule has 1 aliphatic rings. The number of fused-ring (bicyclic) bond motifs is 1. The molecule has 3 rings (SSSR count). The summed E-state index contributed by atoms with van der Waals surface area (Å²) in [6, 6.07) is 11.1. The molecule has 2 aromatic rings. The molecule has 4 heteroatoms. The standard InChI is InChI=1S/C20H17ClO2S.C2H6/c1-20(2)9-10-24-18-8-6-13(11-16(18)20)3-4-14-5-7-15(19(22)23)17(21)12-14;1-2/h5-8,11-12H,9-10H2,1-2H3,(H,22,23);1-2H3. The van der Waals surface area contributed by atoms with E-state index in [0.29, 0.717) is 5.56 Å². The fourth-order valence-electron chi connectivity index (χ4n) is 2.72. The van der Waals surface area contributed by atoms with Crippen molar-refractivity contribution in [2.45, 2.75) is 44.4 Å². The average Bonchev–Trinajstić information content (AvgIpc) is 2.61. The van der Waals surface area contributed by atoms with Crippen LogP contribution in [0.15, 0.2) is 41.3 Å². The SMILES string of the molecule is CC.CC1(C)CCSc2ccc(C#Cc3ccc(C(=O)O)c(Cl)c3)cc21. The van der Waals surface area contributed by atoms with E-state index in [-0.39, 0.29) is 16.0 Å². The largest absolute Gasteiger partial charge is 0.478 e. The first kappa shape index (κ1) is 20.4. The molecule has 0 saturated carbocycles. The maximum absolute atomic E-state index is 11.0. The van der Waals surface area contributed by atoms with Crippen molar-refractivity contribution in [2.24, 2.45) is 0 Å². The fraction of sp³-hybridized carbons (Fsp3) is 0.318. The van der Waals surface area contributed by atoms with E-state index >= 15 is 0 Å². The minimum atomic E-state index is -1.03. The number of benzene rings is 2. The van der Waals surface area contributed by atoms with E-state index in [4.69, 9.17) is 16.7 Å². The normalized spacial score (nSPS) is 14.2. The third kappa shape index (κ3) is 4.63. The molecular formula is C22H23ClO2S. The van der Waals surface area contributed by atoms with Crippen LogP contribution in [0.25, 0.3) is 0 Å². The summed E-state index contributed by atoms with van der Waals surface area (Å²) >= 11 is 7.89. The van der Waals surface area contributed by atoms with Gasteiger partial charge in [-0.1, -0.05) is 51.1 Å². The van der Waals surface area contributed by atoms with Gasteiger partial charge in [-0.05, 0) is 59.6 Å². The fourth-order valence-corrected chi connectivity index (χ4v) is 4.47. The van der Waals surface area contributed by atoms with Crippen LogP contribution in [0.3, 0.4) is 0 Å². The molecule has 0 aliphatic carbocycles. The zero-order valence-electron chi connectivity index (χ0n) is 15.5. The van der Waals surface area contributed by atoms with Crippen molar-refractivity contribution in [1.82, 2.24) is 0 Å². The van der Waals surface area contributed by atoms with E-state index < -0.39 is 5.97 Å². The summed E-state index contributed by atoms with van der Waals surface area (Å²) in [6.07, 6.45) is 1.16. The van der Waals surface area contributed by atoms with E-state index in [1.54, 1.807) is 12.1 Å². The topological polar surface area (TPSA) is 37.3 Å². The number of halogens is 1. The molecule has 0 saturated heterocycles. The third-order valence-corrected chi connectivity index (χ3v) is 5.63. The van der Waals surface area contributed by atoms with Crippen molar-refractivity contribution in [3.05, 3.63) is 63.7 Å². The van der Waals surface area contributed by atoms with Crippen LogP contribution in [0.5, 0.6) is 0 Å². The molecule has 0 aromatic heterocycles. The molecule has 1 heterocycles. The van der Waals surface area contributed by atoms with Gasteiger partial charge in [0.2, 0.25) is 0 Å². The summed E-state index contributed by atoms with van der Waals surface area (Å²) < 4.78 is 0. The minimum absolute atomic E-state index is 0.0924. The van der Waals surface area contributed by atoms with Crippen LogP contribution in [0, 0.1) is 11.8 Å². The highest BCUT2D eigenvalue weighted by Gasteiger charge is 2.27. The molecule has 0 fully saturated rings. The first-order valence-corrected chi connectivity index (χ1v) is 10.1. The van der Waals surface area contributed by atoms with Gasteiger partial charge in [0.1, 0.15) is 0 Å². The molecule has 0 radical (unpaired) electrons. The Labute approximate surface area is 165 Å². The predicted octanol–water partition coefficient (Wildman–Crippen LogP) is 6.24. The number of carbonyl (C=O) groups is 1. The van der Waals surface area contributed by atoms with Crippen LogP contribution < -0.4 is 0 Å². The number of rotatable bonds is 1. The first-order valence-electron chi connectivity index (χ1n) is 8.69. The number of aromatic carboxylic acids is 1. The zero-order valence-corrected chi connectivity index (χ0v) is 17.1. The molecule has 2 nitrogen and oxygen atoms in total. The van der Waals surface area contributed by atoms with Gasteiger partial charge in [0, 0.05) is 16.0 Å². The molecule has 0 bridgehead atoms. The Kier molecular flexibility index (Phi) is 6.81. The lowest BCUT2D eigenvalue weighted by molar-refractivity contribution is 0.0697. The minimum Gasteiger partial charge on any atom is -0.478 e. The van der Waals surface area contributed by atoms with Crippen molar-refractivity contribution in [3.63, 3.8) is 0 Å². The van der Waals surface area contributed by atoms with E-state index in [2.05, 4.69) is 37.8 Å². The lowest BCUT2D eigenvalue weighted by Gasteiger charge is -2.32. The molecular weight excluding hydrogens is 364 g/mol. The Morgan fingerprint density at radius 2 is 1.73 bits per heavy atom. The maximum Gasteiger partial charge on any atom is 0.337 e. The molecule has 0 amide bonds. The van der Waals surface area contributed by atoms with E-state index in [0.717, 1.165) is 17.7 Å². The lowest BCUT2D eigenvalue weighted by Crippen LogP contribution is -2.22. The Morgan fingerprint density at radius 1 is 1.12 bits per heavy atom. The monoisotopic (exact) mass is 386 g/mol. The number of carboxylic acid groups (broad SMARTS) is 1. The van der Waals surface area contributed by atoms with Crippen LogP contribution in [0.2, 0.25) is 5.02 Å². The summed E-state index contributed by atoms with van der Waals surface area (Å²) in [5, 5.41) is 9.21. The quantitative estimate of drug-likeness (QED) is 0.589. The van der Waals surface area contributed by atoms with E-state index in [1.807, 2.05) is 31.7 Å². The maximum atomic E-state index is 11.0.